The number of hydrogen-bond donors (Lipinski definition) is 2. The molecule has 0 bridgehead atoms. The third-order valence-corrected chi connectivity index (χ3v) is 4.96. The van der Waals surface area contributed by atoms with Crippen molar-refractivity contribution in [1.82, 2.24) is 10.1 Å². The zero-order valence-corrected chi connectivity index (χ0v) is 13.7. The Morgan fingerprint density at radius 2 is 2.43 bits per heavy atom. The number of amides is 1. The lowest BCUT2D eigenvalue weighted by molar-refractivity contribution is -0.129. The molecule has 1 aromatic heterocycles. The Labute approximate surface area is 136 Å². The van der Waals surface area contributed by atoms with Gasteiger partial charge in [-0.05, 0) is 39.7 Å². The Kier molecular flexibility index (Phi) is 4.70. The van der Waals surface area contributed by atoms with E-state index in [-0.39, 0.29) is 24.4 Å². The molecule has 1 amide bonds. The fourth-order valence-electron chi connectivity index (χ4n) is 3.67. The highest BCUT2D eigenvalue weighted by atomic mass is 16.5. The molecule has 2 fully saturated rings. The molecule has 3 heterocycles. The van der Waals surface area contributed by atoms with Crippen molar-refractivity contribution < 1.29 is 19.2 Å². The number of ether oxygens (including phenoxy) is 1. The van der Waals surface area contributed by atoms with Crippen molar-refractivity contribution in [1.29, 1.82) is 0 Å². The van der Waals surface area contributed by atoms with E-state index in [0.29, 0.717) is 25.5 Å². The van der Waals surface area contributed by atoms with Gasteiger partial charge in [0.05, 0.1) is 24.4 Å². The highest BCUT2D eigenvalue weighted by Crippen LogP contribution is 2.35. The molecule has 2 aliphatic rings. The molecule has 0 aliphatic carbocycles. The molecule has 7 nitrogen and oxygen atoms in total. The Morgan fingerprint density at radius 3 is 3.13 bits per heavy atom. The lowest BCUT2D eigenvalue weighted by Gasteiger charge is -2.43. The minimum absolute atomic E-state index is 0.0408. The molecule has 128 valence electrons. The monoisotopic (exact) mass is 323 g/mol. The molecule has 3 unspecified atom stereocenters. The molecule has 1 aromatic rings. The summed E-state index contributed by atoms with van der Waals surface area (Å²) in [5, 5.41) is 17.1. The van der Waals surface area contributed by atoms with E-state index in [1.165, 1.54) is 0 Å². The van der Waals surface area contributed by atoms with Crippen LogP contribution in [0.3, 0.4) is 0 Å². The predicted molar refractivity (Wildman–Crippen MR) is 84.0 cm³/mol. The molecule has 2 N–H and O–H groups in total. The summed E-state index contributed by atoms with van der Waals surface area (Å²) in [5.41, 5.74) is -0.000866. The Morgan fingerprint density at radius 1 is 1.61 bits per heavy atom. The van der Waals surface area contributed by atoms with Crippen molar-refractivity contribution in [3.8, 4) is 0 Å². The quantitative estimate of drug-likeness (QED) is 0.865. The summed E-state index contributed by atoms with van der Waals surface area (Å²) in [7, 11) is 0. The van der Waals surface area contributed by atoms with Gasteiger partial charge >= 0.3 is 0 Å². The molecule has 3 atom stereocenters. The maximum atomic E-state index is 12.2. The summed E-state index contributed by atoms with van der Waals surface area (Å²) in [5.74, 6) is 0.291. The Hall–Kier alpha value is -1.44. The van der Waals surface area contributed by atoms with Crippen LogP contribution >= 0.6 is 0 Å². The van der Waals surface area contributed by atoms with Gasteiger partial charge in [0.1, 0.15) is 0 Å². The van der Waals surface area contributed by atoms with E-state index in [1.54, 1.807) is 13.0 Å². The van der Waals surface area contributed by atoms with E-state index in [2.05, 4.69) is 15.4 Å². The maximum absolute atomic E-state index is 12.2. The molecule has 2 aliphatic heterocycles. The first-order valence-corrected chi connectivity index (χ1v) is 8.23. The molecule has 3 rings (SSSR count). The van der Waals surface area contributed by atoms with E-state index in [1.807, 2.05) is 6.92 Å². The number of hydrogen-bond acceptors (Lipinski definition) is 6. The first-order chi connectivity index (χ1) is 11.0. The second-order valence-electron chi connectivity index (χ2n) is 6.85. The molecule has 23 heavy (non-hydrogen) atoms. The number of rotatable bonds is 4. The molecule has 0 saturated carbocycles. The summed E-state index contributed by atoms with van der Waals surface area (Å²) in [6.07, 6.45) is 2.66. The lowest BCUT2D eigenvalue weighted by Crippen LogP contribution is -2.53. The van der Waals surface area contributed by atoms with Gasteiger partial charge in [-0.3, -0.25) is 15.0 Å². The molecular weight excluding hydrogens is 298 g/mol. The van der Waals surface area contributed by atoms with Crippen LogP contribution in [0, 0.1) is 12.8 Å². The van der Waals surface area contributed by atoms with Crippen molar-refractivity contribution in [3.05, 3.63) is 11.8 Å². The summed E-state index contributed by atoms with van der Waals surface area (Å²) < 4.78 is 10.6. The third kappa shape index (κ3) is 3.73. The van der Waals surface area contributed by atoms with Crippen LogP contribution in [0.4, 0.5) is 5.88 Å². The number of anilines is 1. The fraction of sp³-hybridized carbons (Fsp3) is 0.750. The highest BCUT2D eigenvalue weighted by Gasteiger charge is 2.44. The van der Waals surface area contributed by atoms with Crippen molar-refractivity contribution >= 4 is 11.8 Å². The minimum atomic E-state index is -0.732. The number of nitrogens with one attached hydrogen (secondary N) is 1. The molecule has 0 aromatic carbocycles. The molecular formula is C16H25N3O4. The SMILES string of the molecule is Cc1cc(NC(=O)CN2CCCC2C2COCCC2(C)O)on1. The van der Waals surface area contributed by atoms with Gasteiger partial charge in [-0.25, -0.2) is 0 Å². The summed E-state index contributed by atoms with van der Waals surface area (Å²) >= 11 is 0. The average Bonchev–Trinajstić information content (AvgIpc) is 3.08. The van der Waals surface area contributed by atoms with Crippen LogP contribution in [0.15, 0.2) is 10.6 Å². The number of aryl methyl sites for hydroxylation is 1. The van der Waals surface area contributed by atoms with Gasteiger partial charge < -0.3 is 14.4 Å². The molecule has 7 heteroatoms. The van der Waals surface area contributed by atoms with Gasteiger partial charge in [-0.1, -0.05) is 5.16 Å². The lowest BCUT2D eigenvalue weighted by atomic mass is 9.79. The number of carbonyl (C=O) groups is 1. The molecule has 2 saturated heterocycles. The topological polar surface area (TPSA) is 87.8 Å². The summed E-state index contributed by atoms with van der Waals surface area (Å²) in [4.78, 5) is 14.4. The normalized spacial score (nSPS) is 32.1. The number of aromatic nitrogens is 1. The van der Waals surface area contributed by atoms with Gasteiger partial charge in [0, 0.05) is 24.6 Å². The van der Waals surface area contributed by atoms with Crippen molar-refractivity contribution in [2.45, 2.75) is 44.8 Å². The van der Waals surface area contributed by atoms with Crippen molar-refractivity contribution in [3.63, 3.8) is 0 Å². The number of carbonyl (C=O) groups excluding carboxylic acids is 1. The van der Waals surface area contributed by atoms with Crippen molar-refractivity contribution in [2.75, 3.05) is 31.6 Å². The standard InChI is InChI=1S/C16H25N3O4/c1-11-8-15(23-18-11)17-14(20)9-19-6-3-4-13(19)12-10-22-7-5-16(12,2)21/h8,12-13,21H,3-7,9-10H2,1-2H3,(H,17,20). The highest BCUT2D eigenvalue weighted by molar-refractivity contribution is 5.91. The maximum Gasteiger partial charge on any atom is 0.240 e. The van der Waals surface area contributed by atoms with Gasteiger partial charge in [-0.2, -0.15) is 0 Å². The number of nitrogens with zero attached hydrogens (tertiary/aromatic N) is 2. The fourth-order valence-corrected chi connectivity index (χ4v) is 3.67. The van der Waals surface area contributed by atoms with Gasteiger partial charge in [0.25, 0.3) is 0 Å². The van der Waals surface area contributed by atoms with Crippen LogP contribution in [0.2, 0.25) is 0 Å². The van der Waals surface area contributed by atoms with E-state index < -0.39 is 5.60 Å². The smallest absolute Gasteiger partial charge is 0.240 e. The van der Waals surface area contributed by atoms with Crippen LogP contribution < -0.4 is 5.32 Å². The van der Waals surface area contributed by atoms with Gasteiger partial charge in [0.15, 0.2) is 0 Å². The van der Waals surface area contributed by atoms with E-state index in [9.17, 15) is 9.90 Å². The first kappa shape index (κ1) is 16.4. The summed E-state index contributed by atoms with van der Waals surface area (Å²) in [6.45, 7) is 5.99. The predicted octanol–water partition coefficient (Wildman–Crippen LogP) is 1.17. The second kappa shape index (κ2) is 6.59. The van der Waals surface area contributed by atoms with E-state index in [0.717, 1.165) is 25.1 Å². The molecule has 0 spiro atoms. The Bertz CT molecular complexity index is 557. The van der Waals surface area contributed by atoms with Crippen LogP contribution in [-0.2, 0) is 9.53 Å². The average molecular weight is 323 g/mol. The van der Waals surface area contributed by atoms with E-state index in [4.69, 9.17) is 9.26 Å². The van der Waals surface area contributed by atoms with Crippen LogP contribution in [-0.4, -0.2) is 59.0 Å². The third-order valence-electron chi connectivity index (χ3n) is 4.96. The summed E-state index contributed by atoms with van der Waals surface area (Å²) in [6, 6.07) is 1.87. The first-order valence-electron chi connectivity index (χ1n) is 8.23. The number of likely N-dealkylation sites (tertiary alicyclic amines) is 1. The zero-order valence-electron chi connectivity index (χ0n) is 13.7. The Balaban J connectivity index is 1.61. The van der Waals surface area contributed by atoms with E-state index >= 15 is 0 Å². The molecule has 0 radical (unpaired) electrons. The second-order valence-corrected chi connectivity index (χ2v) is 6.85. The zero-order chi connectivity index (χ0) is 16.4. The largest absolute Gasteiger partial charge is 0.390 e. The number of aliphatic hydroxyl groups is 1. The minimum Gasteiger partial charge on any atom is -0.390 e. The van der Waals surface area contributed by atoms with Gasteiger partial charge in [-0.15, -0.1) is 0 Å². The van der Waals surface area contributed by atoms with Crippen molar-refractivity contribution in [2.24, 2.45) is 5.92 Å². The van der Waals surface area contributed by atoms with Crippen LogP contribution in [0.25, 0.3) is 0 Å². The van der Waals surface area contributed by atoms with Crippen LogP contribution in [0.5, 0.6) is 0 Å². The van der Waals surface area contributed by atoms with Crippen LogP contribution in [0.1, 0.15) is 31.9 Å². The van der Waals surface area contributed by atoms with Gasteiger partial charge in [0.2, 0.25) is 11.8 Å².